The maximum absolute atomic E-state index is 13.2. The summed E-state index contributed by atoms with van der Waals surface area (Å²) in [5.74, 6) is 2.22. The Morgan fingerprint density at radius 3 is 2.34 bits per heavy atom. The quantitative estimate of drug-likeness (QED) is 0.521. The topological polar surface area (TPSA) is 23.6 Å². The number of benzene rings is 2. The van der Waals surface area contributed by atoms with Gasteiger partial charge in [0.25, 0.3) is 5.91 Å². The Morgan fingerprint density at radius 1 is 0.969 bits per heavy atom. The molecule has 2 heterocycles. The molecule has 3 fully saturated rings. The lowest BCUT2D eigenvalue weighted by atomic mass is 9.87. The van der Waals surface area contributed by atoms with Crippen LogP contribution in [0.25, 0.3) is 0 Å². The van der Waals surface area contributed by atoms with Gasteiger partial charge in [0.2, 0.25) is 0 Å². The van der Waals surface area contributed by atoms with Gasteiger partial charge in [-0.25, -0.2) is 4.39 Å². The van der Waals surface area contributed by atoms with E-state index in [0.717, 1.165) is 51.5 Å². The Morgan fingerprint density at radius 2 is 1.69 bits per heavy atom. The molecule has 170 valence electrons. The Kier molecular flexibility index (Phi) is 6.46. The summed E-state index contributed by atoms with van der Waals surface area (Å²) in [6, 6.07) is 12.1. The van der Waals surface area contributed by atoms with Crippen LogP contribution in [0.2, 0.25) is 10.0 Å². The van der Waals surface area contributed by atoms with Gasteiger partial charge in [0.05, 0.1) is 10.6 Å². The van der Waals surface area contributed by atoms with Crippen molar-refractivity contribution in [1.29, 1.82) is 0 Å². The van der Waals surface area contributed by atoms with Gasteiger partial charge in [-0.05, 0) is 98.3 Å². The molecule has 32 heavy (non-hydrogen) atoms. The summed E-state index contributed by atoms with van der Waals surface area (Å²) in [6.07, 6.45) is 4.79. The molecule has 1 saturated carbocycles. The van der Waals surface area contributed by atoms with Crippen molar-refractivity contribution in [2.75, 3.05) is 32.7 Å². The number of nitrogens with zero attached hydrogens (tertiary/aromatic N) is 2. The van der Waals surface area contributed by atoms with E-state index in [9.17, 15) is 9.18 Å². The van der Waals surface area contributed by atoms with Gasteiger partial charge < -0.3 is 9.80 Å². The third-order valence-electron chi connectivity index (χ3n) is 7.59. The van der Waals surface area contributed by atoms with Crippen molar-refractivity contribution in [2.24, 2.45) is 17.8 Å². The summed E-state index contributed by atoms with van der Waals surface area (Å²) in [6.45, 7) is 4.81. The second kappa shape index (κ2) is 9.32. The predicted octanol–water partition coefficient (Wildman–Crippen LogP) is 6.11. The van der Waals surface area contributed by atoms with Crippen LogP contribution in [0.1, 0.15) is 47.5 Å². The summed E-state index contributed by atoms with van der Waals surface area (Å²) in [5, 5.41) is 0.975. The summed E-state index contributed by atoms with van der Waals surface area (Å²) in [4.78, 5) is 17.8. The summed E-state index contributed by atoms with van der Waals surface area (Å²) >= 11 is 12.3. The molecule has 2 aromatic rings. The molecule has 0 N–H and O–H groups in total. The molecule has 1 aliphatic carbocycles. The summed E-state index contributed by atoms with van der Waals surface area (Å²) in [5.41, 5.74) is 1.80. The van der Waals surface area contributed by atoms with E-state index in [-0.39, 0.29) is 11.7 Å². The molecule has 2 saturated heterocycles. The monoisotopic (exact) mass is 474 g/mol. The molecule has 2 atom stereocenters. The number of hydrogen-bond acceptors (Lipinski definition) is 2. The van der Waals surface area contributed by atoms with E-state index in [2.05, 4.69) is 4.90 Å². The summed E-state index contributed by atoms with van der Waals surface area (Å²) < 4.78 is 13.2. The van der Waals surface area contributed by atoms with E-state index >= 15 is 0 Å². The maximum Gasteiger partial charge on any atom is 0.255 e. The highest BCUT2D eigenvalue weighted by Crippen LogP contribution is 2.45. The third kappa shape index (κ3) is 4.83. The van der Waals surface area contributed by atoms with Crippen LogP contribution in [0.15, 0.2) is 42.5 Å². The molecule has 2 aliphatic heterocycles. The Labute approximate surface area is 199 Å². The first kappa shape index (κ1) is 22.2. The SMILES string of the molecule is O=C(c1ccc(Cl)cc1Cl)N1CC(CN2CCC(c3ccc(F)cc3)CC2)C(C2CC2)C1. The van der Waals surface area contributed by atoms with Gasteiger partial charge in [-0.1, -0.05) is 35.3 Å². The second-order valence-corrected chi connectivity index (χ2v) is 10.6. The number of amides is 1. The smallest absolute Gasteiger partial charge is 0.255 e. The minimum atomic E-state index is -0.169. The normalized spacial score (nSPS) is 24.8. The molecule has 1 amide bonds. The molecule has 0 bridgehead atoms. The van der Waals surface area contributed by atoms with Crippen molar-refractivity contribution in [2.45, 2.75) is 31.6 Å². The first-order valence-corrected chi connectivity index (χ1v) is 12.5. The van der Waals surface area contributed by atoms with Gasteiger partial charge in [0.15, 0.2) is 0 Å². The first-order valence-electron chi connectivity index (χ1n) is 11.7. The van der Waals surface area contributed by atoms with Crippen LogP contribution < -0.4 is 0 Å². The minimum Gasteiger partial charge on any atom is -0.338 e. The maximum atomic E-state index is 13.2. The molecule has 3 nitrogen and oxygen atoms in total. The molecular weight excluding hydrogens is 446 g/mol. The Hall–Kier alpha value is -1.62. The van der Waals surface area contributed by atoms with E-state index in [1.807, 2.05) is 17.0 Å². The molecule has 2 unspecified atom stereocenters. The number of hydrogen-bond donors (Lipinski definition) is 0. The zero-order valence-corrected chi connectivity index (χ0v) is 19.7. The Bertz CT molecular complexity index is 970. The number of likely N-dealkylation sites (tertiary alicyclic amines) is 2. The fraction of sp³-hybridized carbons (Fsp3) is 0.500. The predicted molar refractivity (Wildman–Crippen MR) is 127 cm³/mol. The molecule has 6 heteroatoms. The van der Waals surface area contributed by atoms with Crippen LogP contribution in [0.4, 0.5) is 4.39 Å². The van der Waals surface area contributed by atoms with Gasteiger partial charge >= 0.3 is 0 Å². The highest BCUT2D eigenvalue weighted by atomic mass is 35.5. The molecule has 0 radical (unpaired) electrons. The number of piperidine rings is 1. The second-order valence-electron chi connectivity index (χ2n) is 9.72. The van der Waals surface area contributed by atoms with Crippen LogP contribution in [-0.2, 0) is 0 Å². The zero-order chi connectivity index (χ0) is 22.2. The van der Waals surface area contributed by atoms with Crippen LogP contribution in [0.5, 0.6) is 0 Å². The number of carbonyl (C=O) groups excluding carboxylic acids is 1. The lowest BCUT2D eigenvalue weighted by molar-refractivity contribution is 0.0780. The van der Waals surface area contributed by atoms with Gasteiger partial charge in [-0.15, -0.1) is 0 Å². The largest absolute Gasteiger partial charge is 0.338 e. The van der Waals surface area contributed by atoms with Crippen molar-refractivity contribution in [1.82, 2.24) is 9.80 Å². The highest BCUT2D eigenvalue weighted by Gasteiger charge is 2.44. The van der Waals surface area contributed by atoms with E-state index < -0.39 is 0 Å². The lowest BCUT2D eigenvalue weighted by Gasteiger charge is -2.34. The molecule has 5 rings (SSSR count). The van der Waals surface area contributed by atoms with Crippen molar-refractivity contribution in [3.8, 4) is 0 Å². The van der Waals surface area contributed by atoms with Crippen molar-refractivity contribution in [3.63, 3.8) is 0 Å². The first-order chi connectivity index (χ1) is 15.5. The standard InChI is InChI=1S/C26H29Cl2FN2O/c27-21-5-8-23(25(28)13-21)26(32)31-15-20(24(16-31)19-1-2-19)14-30-11-9-18(10-12-30)17-3-6-22(29)7-4-17/h3-8,13,18-20,24H,1-2,9-12,14-16H2. The Balaban J connectivity index is 1.21. The molecular formula is C26H29Cl2FN2O. The van der Waals surface area contributed by atoms with Gasteiger partial charge in [-0.2, -0.15) is 0 Å². The average Bonchev–Trinajstić information content (AvgIpc) is 3.55. The average molecular weight is 475 g/mol. The third-order valence-corrected chi connectivity index (χ3v) is 8.14. The molecule has 3 aliphatic rings. The molecule has 0 aromatic heterocycles. The lowest BCUT2D eigenvalue weighted by Crippen LogP contribution is -2.39. The minimum absolute atomic E-state index is 0.0230. The number of halogens is 3. The molecule has 0 spiro atoms. The van der Waals surface area contributed by atoms with E-state index in [1.165, 1.54) is 18.4 Å². The number of carbonyl (C=O) groups is 1. The highest BCUT2D eigenvalue weighted by molar-refractivity contribution is 6.36. The number of rotatable bonds is 5. The zero-order valence-electron chi connectivity index (χ0n) is 18.2. The van der Waals surface area contributed by atoms with Crippen LogP contribution >= 0.6 is 23.2 Å². The van der Waals surface area contributed by atoms with Crippen LogP contribution in [0, 0.1) is 23.6 Å². The van der Waals surface area contributed by atoms with Crippen LogP contribution in [0.3, 0.4) is 0 Å². The fourth-order valence-corrected chi connectivity index (χ4v) is 6.15. The van der Waals surface area contributed by atoms with Gasteiger partial charge in [0.1, 0.15) is 5.82 Å². The molecule has 2 aromatic carbocycles. The van der Waals surface area contributed by atoms with E-state index in [0.29, 0.717) is 33.4 Å². The van der Waals surface area contributed by atoms with Gasteiger partial charge in [0, 0.05) is 24.7 Å². The fourth-order valence-electron chi connectivity index (χ4n) is 5.66. The van der Waals surface area contributed by atoms with Gasteiger partial charge in [-0.3, -0.25) is 4.79 Å². The van der Waals surface area contributed by atoms with Crippen molar-refractivity contribution >= 4 is 29.1 Å². The summed E-state index contributed by atoms with van der Waals surface area (Å²) in [7, 11) is 0. The van der Waals surface area contributed by atoms with Crippen molar-refractivity contribution < 1.29 is 9.18 Å². The van der Waals surface area contributed by atoms with Crippen molar-refractivity contribution in [3.05, 3.63) is 69.5 Å². The van der Waals surface area contributed by atoms with E-state index in [4.69, 9.17) is 23.2 Å². The van der Waals surface area contributed by atoms with E-state index in [1.54, 1.807) is 30.3 Å². The van der Waals surface area contributed by atoms with Crippen LogP contribution in [-0.4, -0.2) is 48.4 Å².